The lowest BCUT2D eigenvalue weighted by Gasteiger charge is -2.30. The molecule has 0 radical (unpaired) electrons. The van der Waals surface area contributed by atoms with Gasteiger partial charge >= 0.3 is 5.97 Å². The topological polar surface area (TPSA) is 84.0 Å². The number of carbonyl (C=O) groups is 4. The van der Waals surface area contributed by atoms with Crippen LogP contribution in [0.1, 0.15) is 48.4 Å². The molecular weight excluding hydrogens is 324 g/mol. The van der Waals surface area contributed by atoms with E-state index in [1.165, 1.54) is 12.1 Å². The molecule has 0 N–H and O–H groups in total. The summed E-state index contributed by atoms with van der Waals surface area (Å²) in [5.41, 5.74) is 0.532. The molecule has 0 atom stereocenters. The molecule has 25 heavy (non-hydrogen) atoms. The monoisotopic (exact) mass is 346 g/mol. The van der Waals surface area contributed by atoms with Crippen LogP contribution < -0.4 is 0 Å². The van der Waals surface area contributed by atoms with Crippen LogP contribution in [0.2, 0.25) is 0 Å². The van der Waals surface area contributed by atoms with Crippen LogP contribution in [0.25, 0.3) is 0 Å². The summed E-state index contributed by atoms with van der Waals surface area (Å²) >= 11 is 0. The number of ether oxygens (including phenoxy) is 1. The SMILES string of the molecule is CC(C)N(C(=O)COC(=O)CN1C(=O)c2ccccc2C1=O)C(C)C. The van der Waals surface area contributed by atoms with E-state index in [4.69, 9.17) is 4.74 Å². The van der Waals surface area contributed by atoms with E-state index in [0.717, 1.165) is 4.90 Å². The molecule has 0 unspecified atom stereocenters. The number of esters is 1. The van der Waals surface area contributed by atoms with Gasteiger partial charge in [0.1, 0.15) is 6.54 Å². The minimum atomic E-state index is -0.796. The quantitative estimate of drug-likeness (QED) is 0.575. The van der Waals surface area contributed by atoms with Gasteiger partial charge in [-0.3, -0.25) is 24.1 Å². The van der Waals surface area contributed by atoms with Crippen molar-refractivity contribution in [1.82, 2.24) is 9.80 Å². The van der Waals surface area contributed by atoms with Crippen LogP contribution in [0, 0.1) is 0 Å². The molecule has 1 aliphatic rings. The highest BCUT2D eigenvalue weighted by Gasteiger charge is 2.36. The average Bonchev–Trinajstić information content (AvgIpc) is 2.78. The molecule has 3 amide bonds. The molecule has 0 bridgehead atoms. The zero-order valence-corrected chi connectivity index (χ0v) is 14.8. The molecule has 1 aromatic rings. The summed E-state index contributed by atoms with van der Waals surface area (Å²) in [6.07, 6.45) is 0. The van der Waals surface area contributed by atoms with Crippen LogP contribution in [0.4, 0.5) is 0 Å². The highest BCUT2D eigenvalue weighted by atomic mass is 16.5. The average molecular weight is 346 g/mol. The third-order valence-corrected chi connectivity index (χ3v) is 3.92. The van der Waals surface area contributed by atoms with E-state index in [2.05, 4.69) is 0 Å². The first kappa shape index (κ1) is 18.6. The number of nitrogens with zero attached hydrogens (tertiary/aromatic N) is 2. The Balaban J connectivity index is 1.95. The van der Waals surface area contributed by atoms with Gasteiger partial charge in [0, 0.05) is 12.1 Å². The Hall–Kier alpha value is -2.70. The van der Waals surface area contributed by atoms with Gasteiger partial charge in [-0.05, 0) is 39.8 Å². The van der Waals surface area contributed by atoms with E-state index >= 15 is 0 Å². The smallest absolute Gasteiger partial charge is 0.326 e. The third kappa shape index (κ3) is 3.87. The Morgan fingerprint density at radius 3 is 1.92 bits per heavy atom. The van der Waals surface area contributed by atoms with Crippen molar-refractivity contribution in [3.05, 3.63) is 35.4 Å². The Kier molecular flexibility index (Phi) is 5.56. The molecule has 7 nitrogen and oxygen atoms in total. The van der Waals surface area contributed by atoms with Crippen molar-refractivity contribution in [2.24, 2.45) is 0 Å². The summed E-state index contributed by atoms with van der Waals surface area (Å²) in [4.78, 5) is 51.0. The molecule has 1 aliphatic heterocycles. The molecular formula is C18H22N2O5. The van der Waals surface area contributed by atoms with Gasteiger partial charge in [-0.1, -0.05) is 12.1 Å². The molecule has 0 spiro atoms. The predicted molar refractivity (Wildman–Crippen MR) is 89.9 cm³/mol. The molecule has 0 fully saturated rings. The van der Waals surface area contributed by atoms with E-state index in [0.29, 0.717) is 0 Å². The normalized spacial score (nSPS) is 13.4. The van der Waals surface area contributed by atoms with Crippen molar-refractivity contribution in [2.45, 2.75) is 39.8 Å². The summed E-state index contributed by atoms with van der Waals surface area (Å²) < 4.78 is 4.97. The number of carbonyl (C=O) groups excluding carboxylic acids is 4. The van der Waals surface area contributed by atoms with Crippen LogP contribution >= 0.6 is 0 Å². The lowest BCUT2D eigenvalue weighted by molar-refractivity contribution is -0.153. The summed E-state index contributed by atoms with van der Waals surface area (Å²) in [6, 6.07) is 6.32. The van der Waals surface area contributed by atoms with Crippen molar-refractivity contribution in [1.29, 1.82) is 0 Å². The lowest BCUT2D eigenvalue weighted by Crippen LogP contribution is -2.44. The highest BCUT2D eigenvalue weighted by molar-refractivity contribution is 6.22. The van der Waals surface area contributed by atoms with Crippen molar-refractivity contribution in [2.75, 3.05) is 13.2 Å². The van der Waals surface area contributed by atoms with E-state index < -0.39 is 30.9 Å². The second kappa shape index (κ2) is 7.46. The van der Waals surface area contributed by atoms with E-state index in [1.54, 1.807) is 17.0 Å². The van der Waals surface area contributed by atoms with E-state index in [9.17, 15) is 19.2 Å². The minimum absolute atomic E-state index is 0.0255. The number of hydrogen-bond donors (Lipinski definition) is 0. The Bertz CT molecular complexity index is 668. The Labute approximate surface area is 146 Å². The first-order chi connectivity index (χ1) is 11.7. The van der Waals surface area contributed by atoms with Crippen LogP contribution in [0.5, 0.6) is 0 Å². The molecule has 0 saturated carbocycles. The van der Waals surface area contributed by atoms with Gasteiger partial charge in [0.2, 0.25) is 0 Å². The van der Waals surface area contributed by atoms with Crippen LogP contribution in [-0.2, 0) is 14.3 Å². The second-order valence-corrected chi connectivity index (χ2v) is 6.39. The highest BCUT2D eigenvalue weighted by Crippen LogP contribution is 2.22. The summed E-state index contributed by atoms with van der Waals surface area (Å²) in [5.74, 6) is -2.18. The Morgan fingerprint density at radius 2 is 1.48 bits per heavy atom. The van der Waals surface area contributed by atoms with Crippen LogP contribution in [-0.4, -0.2) is 58.7 Å². The fraction of sp³-hybridized carbons (Fsp3) is 0.444. The molecule has 1 heterocycles. The number of imide groups is 1. The van der Waals surface area contributed by atoms with Gasteiger partial charge in [-0.2, -0.15) is 0 Å². The largest absolute Gasteiger partial charge is 0.454 e. The van der Waals surface area contributed by atoms with E-state index in [-0.39, 0.29) is 29.1 Å². The van der Waals surface area contributed by atoms with Crippen LogP contribution in [0.3, 0.4) is 0 Å². The fourth-order valence-electron chi connectivity index (χ4n) is 2.95. The van der Waals surface area contributed by atoms with Gasteiger partial charge in [0.05, 0.1) is 11.1 Å². The molecule has 1 aromatic carbocycles. The first-order valence-corrected chi connectivity index (χ1v) is 8.16. The molecule has 134 valence electrons. The number of rotatable bonds is 6. The zero-order valence-electron chi connectivity index (χ0n) is 14.8. The maximum Gasteiger partial charge on any atom is 0.326 e. The second-order valence-electron chi connectivity index (χ2n) is 6.39. The number of amides is 3. The molecule has 0 aliphatic carbocycles. The Morgan fingerprint density at radius 1 is 1.00 bits per heavy atom. The van der Waals surface area contributed by atoms with Crippen molar-refractivity contribution in [3.8, 4) is 0 Å². The standard InChI is InChI=1S/C18H22N2O5/c1-11(2)20(12(3)4)15(21)10-25-16(22)9-19-17(23)13-7-5-6-8-14(13)18(19)24/h5-8,11-12H,9-10H2,1-4H3. The van der Waals surface area contributed by atoms with Crippen LogP contribution in [0.15, 0.2) is 24.3 Å². The van der Waals surface area contributed by atoms with E-state index in [1.807, 2.05) is 27.7 Å². The van der Waals surface area contributed by atoms with Gasteiger partial charge in [-0.25, -0.2) is 0 Å². The zero-order chi connectivity index (χ0) is 18.7. The van der Waals surface area contributed by atoms with Crippen molar-refractivity contribution in [3.63, 3.8) is 0 Å². The van der Waals surface area contributed by atoms with Gasteiger partial charge in [-0.15, -0.1) is 0 Å². The van der Waals surface area contributed by atoms with Gasteiger partial charge in [0.25, 0.3) is 17.7 Å². The molecule has 7 heteroatoms. The fourth-order valence-corrected chi connectivity index (χ4v) is 2.95. The lowest BCUT2D eigenvalue weighted by atomic mass is 10.1. The number of hydrogen-bond acceptors (Lipinski definition) is 5. The van der Waals surface area contributed by atoms with Gasteiger partial charge < -0.3 is 9.64 Å². The maximum atomic E-state index is 12.2. The summed E-state index contributed by atoms with van der Waals surface area (Å²) in [7, 11) is 0. The van der Waals surface area contributed by atoms with Gasteiger partial charge in [0.15, 0.2) is 6.61 Å². The number of benzene rings is 1. The third-order valence-electron chi connectivity index (χ3n) is 3.92. The van der Waals surface area contributed by atoms with Crippen molar-refractivity contribution < 1.29 is 23.9 Å². The maximum absolute atomic E-state index is 12.2. The summed E-state index contributed by atoms with van der Waals surface area (Å²) in [5, 5.41) is 0. The molecule has 0 saturated heterocycles. The predicted octanol–water partition coefficient (Wildman–Crippen LogP) is 1.47. The summed E-state index contributed by atoms with van der Waals surface area (Å²) in [6.45, 7) is 6.56. The molecule has 2 rings (SSSR count). The van der Waals surface area contributed by atoms with Crippen molar-refractivity contribution >= 4 is 23.7 Å². The minimum Gasteiger partial charge on any atom is -0.454 e. The first-order valence-electron chi connectivity index (χ1n) is 8.16. The molecule has 0 aromatic heterocycles. The number of fused-ring (bicyclic) bond motifs is 1.